The topological polar surface area (TPSA) is 46.2 Å². The second-order valence-electron chi connectivity index (χ2n) is 4.23. The van der Waals surface area contributed by atoms with Gasteiger partial charge in [-0.3, -0.25) is 0 Å². The molecule has 0 fully saturated rings. The molecule has 2 nitrogen and oxygen atoms in total. The standard InChI is InChI=1S/C12H17NO/c1-8(13)11-4-2-3-10-5-9(7-14)6-12(10)11/h2-4,8-9,14H,5-7,13H2,1H3. The van der Waals surface area contributed by atoms with Gasteiger partial charge in [-0.05, 0) is 42.4 Å². The first-order valence-electron chi connectivity index (χ1n) is 5.19. The number of nitrogens with two attached hydrogens (primary N) is 1. The summed E-state index contributed by atoms with van der Waals surface area (Å²) >= 11 is 0. The second-order valence-corrected chi connectivity index (χ2v) is 4.23. The summed E-state index contributed by atoms with van der Waals surface area (Å²) in [6.45, 7) is 2.30. The molecule has 14 heavy (non-hydrogen) atoms. The van der Waals surface area contributed by atoms with Crippen molar-refractivity contribution in [3.8, 4) is 0 Å². The third-order valence-corrected chi connectivity index (χ3v) is 3.06. The van der Waals surface area contributed by atoms with E-state index in [1.54, 1.807) is 0 Å². The molecule has 0 aliphatic heterocycles. The highest BCUT2D eigenvalue weighted by atomic mass is 16.3. The molecule has 0 amide bonds. The normalized spacial score (nSPS) is 22.1. The van der Waals surface area contributed by atoms with E-state index in [1.807, 2.05) is 6.92 Å². The molecule has 0 saturated heterocycles. The maximum Gasteiger partial charge on any atom is 0.0465 e. The summed E-state index contributed by atoms with van der Waals surface area (Å²) in [6, 6.07) is 6.42. The van der Waals surface area contributed by atoms with E-state index in [4.69, 9.17) is 10.8 Å². The van der Waals surface area contributed by atoms with Gasteiger partial charge in [-0.1, -0.05) is 18.2 Å². The Labute approximate surface area is 84.7 Å². The molecule has 1 aliphatic rings. The van der Waals surface area contributed by atoms with Crippen LogP contribution in [-0.4, -0.2) is 11.7 Å². The average Bonchev–Trinajstić information content (AvgIpc) is 2.59. The molecule has 2 rings (SSSR count). The van der Waals surface area contributed by atoms with Crippen LogP contribution in [0.15, 0.2) is 18.2 Å². The summed E-state index contributed by atoms with van der Waals surface area (Å²) in [7, 11) is 0. The Bertz CT molecular complexity index is 333. The van der Waals surface area contributed by atoms with Gasteiger partial charge in [0.05, 0.1) is 0 Å². The van der Waals surface area contributed by atoms with E-state index >= 15 is 0 Å². The molecule has 0 radical (unpaired) electrons. The van der Waals surface area contributed by atoms with E-state index in [2.05, 4.69) is 18.2 Å². The van der Waals surface area contributed by atoms with Crippen molar-refractivity contribution in [2.24, 2.45) is 11.7 Å². The van der Waals surface area contributed by atoms with Crippen molar-refractivity contribution >= 4 is 0 Å². The van der Waals surface area contributed by atoms with Gasteiger partial charge in [0.25, 0.3) is 0 Å². The van der Waals surface area contributed by atoms with Crippen LogP contribution in [0.4, 0.5) is 0 Å². The van der Waals surface area contributed by atoms with Crippen LogP contribution in [-0.2, 0) is 12.8 Å². The van der Waals surface area contributed by atoms with E-state index in [9.17, 15) is 0 Å². The van der Waals surface area contributed by atoms with E-state index < -0.39 is 0 Å². The Morgan fingerprint density at radius 1 is 1.50 bits per heavy atom. The minimum atomic E-state index is 0.0994. The van der Waals surface area contributed by atoms with Crippen molar-refractivity contribution in [1.29, 1.82) is 0 Å². The molecule has 2 unspecified atom stereocenters. The molecule has 1 aromatic rings. The first-order chi connectivity index (χ1) is 6.72. The third kappa shape index (κ3) is 1.56. The number of rotatable bonds is 2. The molecule has 0 aromatic heterocycles. The SMILES string of the molecule is CC(N)c1cccc2c1CC(CO)C2. The number of benzene rings is 1. The zero-order valence-electron chi connectivity index (χ0n) is 8.53. The van der Waals surface area contributed by atoms with Gasteiger partial charge in [-0.15, -0.1) is 0 Å². The zero-order valence-corrected chi connectivity index (χ0v) is 8.53. The fourth-order valence-electron chi connectivity index (χ4n) is 2.32. The lowest BCUT2D eigenvalue weighted by Crippen LogP contribution is -2.09. The molecule has 0 spiro atoms. The maximum atomic E-state index is 9.14. The van der Waals surface area contributed by atoms with Crippen molar-refractivity contribution in [2.75, 3.05) is 6.61 Å². The molecule has 3 N–H and O–H groups in total. The number of aliphatic hydroxyl groups excluding tert-OH is 1. The molecule has 0 heterocycles. The van der Waals surface area contributed by atoms with E-state index in [-0.39, 0.29) is 12.6 Å². The predicted molar refractivity (Wildman–Crippen MR) is 57.0 cm³/mol. The lowest BCUT2D eigenvalue weighted by atomic mass is 9.98. The Hall–Kier alpha value is -0.860. The molecule has 76 valence electrons. The van der Waals surface area contributed by atoms with Crippen LogP contribution in [0.2, 0.25) is 0 Å². The second kappa shape index (κ2) is 3.71. The molecular weight excluding hydrogens is 174 g/mol. The van der Waals surface area contributed by atoms with Crippen LogP contribution in [0.3, 0.4) is 0 Å². The number of hydrogen-bond acceptors (Lipinski definition) is 2. The number of hydrogen-bond donors (Lipinski definition) is 2. The average molecular weight is 191 g/mol. The van der Waals surface area contributed by atoms with Crippen molar-refractivity contribution in [1.82, 2.24) is 0 Å². The molecular formula is C12H17NO. The highest BCUT2D eigenvalue weighted by Gasteiger charge is 2.23. The van der Waals surface area contributed by atoms with Gasteiger partial charge in [0.15, 0.2) is 0 Å². The highest BCUT2D eigenvalue weighted by Crippen LogP contribution is 2.31. The number of aliphatic hydroxyl groups is 1. The first kappa shape index (κ1) is 9.69. The third-order valence-electron chi connectivity index (χ3n) is 3.06. The minimum Gasteiger partial charge on any atom is -0.396 e. The van der Waals surface area contributed by atoms with Gasteiger partial charge in [-0.25, -0.2) is 0 Å². The molecule has 0 bridgehead atoms. The van der Waals surface area contributed by atoms with Crippen molar-refractivity contribution in [3.63, 3.8) is 0 Å². The van der Waals surface area contributed by atoms with E-state index in [1.165, 1.54) is 16.7 Å². The fourth-order valence-corrected chi connectivity index (χ4v) is 2.32. The van der Waals surface area contributed by atoms with Crippen LogP contribution in [0.5, 0.6) is 0 Å². The fraction of sp³-hybridized carbons (Fsp3) is 0.500. The molecule has 1 aliphatic carbocycles. The zero-order chi connectivity index (χ0) is 10.1. The molecule has 0 saturated carbocycles. The molecule has 2 heteroatoms. The van der Waals surface area contributed by atoms with Gasteiger partial charge in [0.1, 0.15) is 0 Å². The minimum absolute atomic E-state index is 0.0994. The van der Waals surface area contributed by atoms with Crippen LogP contribution in [0.1, 0.15) is 29.7 Å². The Balaban J connectivity index is 2.36. The van der Waals surface area contributed by atoms with Crippen LogP contribution < -0.4 is 5.73 Å². The first-order valence-corrected chi connectivity index (χ1v) is 5.19. The quantitative estimate of drug-likeness (QED) is 0.742. The highest BCUT2D eigenvalue weighted by molar-refractivity contribution is 5.40. The van der Waals surface area contributed by atoms with Crippen molar-refractivity contribution in [3.05, 3.63) is 34.9 Å². The smallest absolute Gasteiger partial charge is 0.0465 e. The molecule has 1 aromatic carbocycles. The van der Waals surface area contributed by atoms with Crippen LogP contribution >= 0.6 is 0 Å². The van der Waals surface area contributed by atoms with Gasteiger partial charge in [-0.2, -0.15) is 0 Å². The largest absolute Gasteiger partial charge is 0.396 e. The van der Waals surface area contributed by atoms with Gasteiger partial charge in [0.2, 0.25) is 0 Å². The summed E-state index contributed by atoms with van der Waals surface area (Å²) in [5, 5.41) is 9.14. The summed E-state index contributed by atoms with van der Waals surface area (Å²) in [5.74, 6) is 0.407. The van der Waals surface area contributed by atoms with E-state index in [0.717, 1.165) is 12.8 Å². The van der Waals surface area contributed by atoms with Gasteiger partial charge < -0.3 is 10.8 Å². The Kier molecular flexibility index (Phi) is 2.57. The summed E-state index contributed by atoms with van der Waals surface area (Å²) in [5.41, 5.74) is 9.91. The summed E-state index contributed by atoms with van der Waals surface area (Å²) in [4.78, 5) is 0. The number of fused-ring (bicyclic) bond motifs is 1. The van der Waals surface area contributed by atoms with Gasteiger partial charge in [0, 0.05) is 12.6 Å². The monoisotopic (exact) mass is 191 g/mol. The van der Waals surface area contributed by atoms with Crippen LogP contribution in [0, 0.1) is 5.92 Å². The van der Waals surface area contributed by atoms with Crippen molar-refractivity contribution < 1.29 is 5.11 Å². The summed E-state index contributed by atoms with van der Waals surface area (Å²) in [6.07, 6.45) is 2.00. The maximum absolute atomic E-state index is 9.14. The lowest BCUT2D eigenvalue weighted by molar-refractivity contribution is 0.232. The Morgan fingerprint density at radius 3 is 2.93 bits per heavy atom. The van der Waals surface area contributed by atoms with Crippen molar-refractivity contribution in [2.45, 2.75) is 25.8 Å². The predicted octanol–water partition coefficient (Wildman–Crippen LogP) is 1.41. The molecule has 2 atom stereocenters. The van der Waals surface area contributed by atoms with Gasteiger partial charge >= 0.3 is 0 Å². The Morgan fingerprint density at radius 2 is 2.29 bits per heavy atom. The summed E-state index contributed by atoms with van der Waals surface area (Å²) < 4.78 is 0. The van der Waals surface area contributed by atoms with Crippen LogP contribution in [0.25, 0.3) is 0 Å². The van der Waals surface area contributed by atoms with E-state index in [0.29, 0.717) is 5.92 Å². The lowest BCUT2D eigenvalue weighted by Gasteiger charge is -2.11.